The van der Waals surface area contributed by atoms with Crippen molar-refractivity contribution in [1.29, 1.82) is 0 Å². The van der Waals surface area contributed by atoms with Crippen LogP contribution in [0.2, 0.25) is 0 Å². The summed E-state index contributed by atoms with van der Waals surface area (Å²) in [7, 11) is 0. The van der Waals surface area contributed by atoms with Gasteiger partial charge in [0.05, 0.1) is 6.04 Å². The molecule has 0 spiro atoms. The smallest absolute Gasteiger partial charge is 0.0691 e. The van der Waals surface area contributed by atoms with Crippen molar-refractivity contribution in [3.8, 4) is 12.3 Å². The van der Waals surface area contributed by atoms with Crippen LogP contribution in [0.1, 0.15) is 43.2 Å². The van der Waals surface area contributed by atoms with Gasteiger partial charge >= 0.3 is 0 Å². The first kappa shape index (κ1) is 12.3. The molecule has 0 bridgehead atoms. The first-order valence-corrected chi connectivity index (χ1v) is 6.33. The van der Waals surface area contributed by atoms with Crippen LogP contribution in [0.4, 0.5) is 0 Å². The van der Waals surface area contributed by atoms with Gasteiger partial charge in [-0.3, -0.25) is 5.32 Å². The van der Waals surface area contributed by atoms with Crippen LogP contribution in [0.5, 0.6) is 0 Å². The number of rotatable bonds is 5. The van der Waals surface area contributed by atoms with Crippen LogP contribution < -0.4 is 5.32 Å². The Bertz CT molecular complexity index is 335. The van der Waals surface area contributed by atoms with E-state index in [1.54, 1.807) is 11.3 Å². The Kier molecular flexibility index (Phi) is 4.87. The molecule has 0 aromatic carbocycles. The first-order chi connectivity index (χ1) is 7.19. The van der Waals surface area contributed by atoms with Crippen LogP contribution in [0.25, 0.3) is 0 Å². The SMILES string of the molecule is C#CC(CCC)NC(C)c1sccc1C. The molecule has 2 heteroatoms. The summed E-state index contributed by atoms with van der Waals surface area (Å²) in [6.45, 7) is 6.49. The summed E-state index contributed by atoms with van der Waals surface area (Å²) in [4.78, 5) is 1.39. The highest BCUT2D eigenvalue weighted by atomic mass is 32.1. The standard InChI is InChI=1S/C13H19NS/c1-5-7-12(6-2)14-11(4)13-10(3)8-9-15-13/h2,8-9,11-12,14H,5,7H2,1,3-4H3. The van der Waals surface area contributed by atoms with Gasteiger partial charge in [-0.25, -0.2) is 0 Å². The summed E-state index contributed by atoms with van der Waals surface area (Å²) < 4.78 is 0. The minimum atomic E-state index is 0.200. The van der Waals surface area contributed by atoms with Crippen molar-refractivity contribution in [1.82, 2.24) is 5.32 Å². The van der Waals surface area contributed by atoms with E-state index in [0.29, 0.717) is 6.04 Å². The lowest BCUT2D eigenvalue weighted by molar-refractivity contribution is 0.499. The monoisotopic (exact) mass is 221 g/mol. The maximum absolute atomic E-state index is 5.49. The van der Waals surface area contributed by atoms with Crippen LogP contribution in [0, 0.1) is 19.3 Å². The van der Waals surface area contributed by atoms with Gasteiger partial charge in [0.1, 0.15) is 0 Å². The number of aryl methyl sites for hydroxylation is 1. The number of nitrogens with one attached hydrogen (secondary N) is 1. The zero-order valence-electron chi connectivity index (χ0n) is 9.71. The molecule has 0 aliphatic heterocycles. The predicted octanol–water partition coefficient (Wildman–Crippen LogP) is 3.51. The van der Waals surface area contributed by atoms with Gasteiger partial charge in [-0.2, -0.15) is 0 Å². The minimum Gasteiger partial charge on any atom is -0.296 e. The van der Waals surface area contributed by atoms with Crippen molar-refractivity contribution in [3.63, 3.8) is 0 Å². The van der Waals surface area contributed by atoms with Crippen molar-refractivity contribution in [2.75, 3.05) is 0 Å². The van der Waals surface area contributed by atoms with Crippen molar-refractivity contribution in [3.05, 3.63) is 21.9 Å². The summed E-state index contributed by atoms with van der Waals surface area (Å²) in [5.74, 6) is 2.81. The third-order valence-corrected chi connectivity index (χ3v) is 3.73. The maximum atomic E-state index is 5.49. The van der Waals surface area contributed by atoms with Gasteiger partial charge in [0.2, 0.25) is 0 Å². The first-order valence-electron chi connectivity index (χ1n) is 5.45. The molecule has 0 saturated carbocycles. The molecule has 0 fully saturated rings. The van der Waals surface area contributed by atoms with Gasteiger partial charge < -0.3 is 0 Å². The molecule has 15 heavy (non-hydrogen) atoms. The molecule has 1 heterocycles. The predicted molar refractivity (Wildman–Crippen MR) is 68.1 cm³/mol. The molecule has 1 aromatic rings. The van der Waals surface area contributed by atoms with E-state index in [2.05, 4.69) is 43.5 Å². The Hall–Kier alpha value is -0.780. The van der Waals surface area contributed by atoms with Crippen LogP contribution in [-0.4, -0.2) is 6.04 Å². The second kappa shape index (κ2) is 5.95. The van der Waals surface area contributed by atoms with E-state index in [4.69, 9.17) is 6.42 Å². The largest absolute Gasteiger partial charge is 0.296 e. The number of terminal acetylenes is 1. The highest BCUT2D eigenvalue weighted by molar-refractivity contribution is 7.10. The zero-order chi connectivity index (χ0) is 11.3. The molecule has 0 aliphatic carbocycles. The van der Waals surface area contributed by atoms with Crippen LogP contribution in [0.3, 0.4) is 0 Å². The molecule has 82 valence electrons. The Morgan fingerprint density at radius 1 is 1.60 bits per heavy atom. The van der Waals surface area contributed by atoms with Crippen LogP contribution in [-0.2, 0) is 0 Å². The van der Waals surface area contributed by atoms with Gasteiger partial charge in [-0.15, -0.1) is 17.8 Å². The Morgan fingerprint density at radius 2 is 2.33 bits per heavy atom. The van der Waals surface area contributed by atoms with Gasteiger partial charge in [-0.05, 0) is 37.3 Å². The lowest BCUT2D eigenvalue weighted by atomic mass is 10.1. The van der Waals surface area contributed by atoms with E-state index in [0.717, 1.165) is 12.8 Å². The molecule has 1 aromatic heterocycles. The van der Waals surface area contributed by atoms with E-state index in [1.165, 1.54) is 10.4 Å². The van der Waals surface area contributed by atoms with E-state index < -0.39 is 0 Å². The van der Waals surface area contributed by atoms with Gasteiger partial charge in [0.15, 0.2) is 0 Å². The van der Waals surface area contributed by atoms with E-state index in [9.17, 15) is 0 Å². The molecule has 0 amide bonds. The third-order valence-electron chi connectivity index (χ3n) is 2.52. The van der Waals surface area contributed by atoms with Crippen LogP contribution >= 0.6 is 11.3 Å². The van der Waals surface area contributed by atoms with Crippen molar-refractivity contribution in [2.24, 2.45) is 0 Å². The average molecular weight is 221 g/mol. The van der Waals surface area contributed by atoms with Crippen LogP contribution in [0.15, 0.2) is 11.4 Å². The molecule has 1 nitrogen and oxygen atoms in total. The third kappa shape index (κ3) is 3.37. The Morgan fingerprint density at radius 3 is 2.80 bits per heavy atom. The molecule has 2 unspecified atom stereocenters. The highest BCUT2D eigenvalue weighted by Gasteiger charge is 2.13. The molecule has 1 N–H and O–H groups in total. The average Bonchev–Trinajstić information content (AvgIpc) is 2.63. The number of thiophene rings is 1. The highest BCUT2D eigenvalue weighted by Crippen LogP contribution is 2.23. The fraction of sp³-hybridized carbons (Fsp3) is 0.538. The van der Waals surface area contributed by atoms with Crippen molar-refractivity contribution >= 4 is 11.3 Å². The molecule has 0 saturated heterocycles. The molecular weight excluding hydrogens is 202 g/mol. The summed E-state index contributed by atoms with van der Waals surface area (Å²) in [5.41, 5.74) is 1.35. The topological polar surface area (TPSA) is 12.0 Å². The molecular formula is C13H19NS. The number of hydrogen-bond donors (Lipinski definition) is 1. The maximum Gasteiger partial charge on any atom is 0.0691 e. The summed E-state index contributed by atoms with van der Waals surface area (Å²) >= 11 is 1.80. The lowest BCUT2D eigenvalue weighted by Gasteiger charge is -2.18. The number of hydrogen-bond acceptors (Lipinski definition) is 2. The quantitative estimate of drug-likeness (QED) is 0.750. The lowest BCUT2D eigenvalue weighted by Crippen LogP contribution is -2.29. The molecule has 0 aliphatic rings. The van der Waals surface area contributed by atoms with Gasteiger partial charge in [0, 0.05) is 10.9 Å². The Balaban J connectivity index is 2.59. The second-order valence-corrected chi connectivity index (χ2v) is 4.81. The molecule has 1 rings (SSSR count). The molecule has 0 radical (unpaired) electrons. The fourth-order valence-electron chi connectivity index (χ4n) is 1.71. The fourth-order valence-corrected chi connectivity index (χ4v) is 2.65. The van der Waals surface area contributed by atoms with Gasteiger partial charge in [0.25, 0.3) is 0 Å². The van der Waals surface area contributed by atoms with Gasteiger partial charge in [-0.1, -0.05) is 19.3 Å². The summed E-state index contributed by atoms with van der Waals surface area (Å²) in [5, 5.41) is 5.62. The van der Waals surface area contributed by atoms with Crippen molar-refractivity contribution in [2.45, 2.75) is 45.7 Å². The zero-order valence-corrected chi connectivity index (χ0v) is 10.5. The normalized spacial score (nSPS) is 14.5. The van der Waals surface area contributed by atoms with E-state index in [-0.39, 0.29) is 6.04 Å². The summed E-state index contributed by atoms with van der Waals surface area (Å²) in [6.07, 6.45) is 7.66. The minimum absolute atomic E-state index is 0.200. The summed E-state index contributed by atoms with van der Waals surface area (Å²) in [6, 6.07) is 2.71. The molecule has 2 atom stereocenters. The van der Waals surface area contributed by atoms with E-state index >= 15 is 0 Å². The second-order valence-electron chi connectivity index (χ2n) is 3.86. The van der Waals surface area contributed by atoms with E-state index in [1.807, 2.05) is 0 Å². The Labute approximate surface area is 96.9 Å². The van der Waals surface area contributed by atoms with Crippen molar-refractivity contribution < 1.29 is 0 Å².